The molecule has 3 aromatic carbocycles. The molecule has 2 N–H and O–H groups in total. The quantitative estimate of drug-likeness (QED) is 0.306. The Labute approximate surface area is 213 Å². The molecule has 7 nitrogen and oxygen atoms in total. The first kappa shape index (κ1) is 26.1. The van der Waals surface area contributed by atoms with E-state index in [-0.39, 0.29) is 25.2 Å². The van der Waals surface area contributed by atoms with Crippen molar-refractivity contribution in [2.75, 3.05) is 17.2 Å². The van der Waals surface area contributed by atoms with Gasteiger partial charge in [0.1, 0.15) is 11.5 Å². The molecule has 182 valence electrons. The fourth-order valence-corrected chi connectivity index (χ4v) is 3.37. The molecule has 0 saturated carbocycles. The molecule has 3 rings (SSSR count). The molecule has 0 aromatic heterocycles. The van der Waals surface area contributed by atoms with Crippen molar-refractivity contribution in [3.63, 3.8) is 0 Å². The highest BCUT2D eigenvalue weighted by atomic mass is 35.5. The number of benzene rings is 3. The number of nitrogens with one attached hydrogen (secondary N) is 2. The van der Waals surface area contributed by atoms with Crippen molar-refractivity contribution in [1.82, 2.24) is 0 Å². The number of carbonyl (C=O) groups is 3. The minimum atomic E-state index is -0.581. The van der Waals surface area contributed by atoms with E-state index in [0.717, 1.165) is 11.3 Å². The van der Waals surface area contributed by atoms with Gasteiger partial charge in [-0.2, -0.15) is 0 Å². The number of hydrogen-bond donors (Lipinski definition) is 2. The lowest BCUT2D eigenvalue weighted by atomic mass is 10.2. The van der Waals surface area contributed by atoms with Crippen LogP contribution in [0.4, 0.5) is 11.4 Å². The summed E-state index contributed by atoms with van der Waals surface area (Å²) < 4.78 is 10.7. The molecule has 0 fully saturated rings. The van der Waals surface area contributed by atoms with Gasteiger partial charge in [0.2, 0.25) is 5.91 Å². The van der Waals surface area contributed by atoms with Gasteiger partial charge in [0.15, 0.2) is 6.61 Å². The lowest BCUT2D eigenvalue weighted by Crippen LogP contribution is -2.21. The van der Waals surface area contributed by atoms with Crippen LogP contribution in [-0.4, -0.2) is 24.4 Å². The topological polar surface area (TPSA) is 93.7 Å². The Bertz CT molecular complexity index is 1200. The van der Waals surface area contributed by atoms with Crippen LogP contribution in [0.3, 0.4) is 0 Å². The smallest absolute Gasteiger partial charge is 0.306 e. The van der Waals surface area contributed by atoms with E-state index in [1.165, 1.54) is 6.07 Å². The van der Waals surface area contributed by atoms with Crippen molar-refractivity contribution in [3.05, 3.63) is 82.3 Å². The summed E-state index contributed by atoms with van der Waals surface area (Å²) in [7, 11) is 0. The zero-order chi connectivity index (χ0) is 25.2. The molecule has 0 radical (unpaired) electrons. The first-order chi connectivity index (χ1) is 16.8. The SMILES string of the molecule is Cc1cccc(Oc2ccc(NC(=O)CCCC(=O)OCC(=O)Nc3cc(Cl)ccc3Cl)cc2)c1. The largest absolute Gasteiger partial charge is 0.457 e. The highest BCUT2D eigenvalue weighted by molar-refractivity contribution is 6.35. The number of ether oxygens (including phenoxy) is 2. The summed E-state index contributed by atoms with van der Waals surface area (Å²) in [6, 6.07) is 19.3. The molecule has 0 aliphatic heterocycles. The van der Waals surface area contributed by atoms with E-state index in [1.807, 2.05) is 31.2 Å². The number of anilines is 2. The van der Waals surface area contributed by atoms with Crippen LogP contribution in [0.15, 0.2) is 66.7 Å². The number of carbonyl (C=O) groups excluding carboxylic acids is 3. The molecule has 0 atom stereocenters. The van der Waals surface area contributed by atoms with Crippen molar-refractivity contribution >= 4 is 52.4 Å². The van der Waals surface area contributed by atoms with E-state index in [2.05, 4.69) is 10.6 Å². The van der Waals surface area contributed by atoms with Crippen LogP contribution in [0.25, 0.3) is 0 Å². The van der Waals surface area contributed by atoms with Crippen LogP contribution in [0.1, 0.15) is 24.8 Å². The molecule has 0 bridgehead atoms. The number of amides is 2. The molecule has 0 saturated heterocycles. The minimum absolute atomic E-state index is 0.00188. The van der Waals surface area contributed by atoms with Crippen molar-refractivity contribution in [2.45, 2.75) is 26.2 Å². The summed E-state index contributed by atoms with van der Waals surface area (Å²) in [6.07, 6.45) is 0.407. The van der Waals surface area contributed by atoms with Crippen LogP contribution < -0.4 is 15.4 Å². The highest BCUT2D eigenvalue weighted by Gasteiger charge is 2.11. The number of esters is 1. The van der Waals surface area contributed by atoms with E-state index in [4.69, 9.17) is 32.7 Å². The maximum absolute atomic E-state index is 12.2. The van der Waals surface area contributed by atoms with Crippen LogP contribution in [0.5, 0.6) is 11.5 Å². The zero-order valence-corrected chi connectivity index (χ0v) is 20.5. The molecule has 0 spiro atoms. The van der Waals surface area contributed by atoms with Crippen molar-refractivity contribution in [1.29, 1.82) is 0 Å². The molecule has 2 amide bonds. The van der Waals surface area contributed by atoms with E-state index in [1.54, 1.807) is 36.4 Å². The number of aryl methyl sites for hydroxylation is 1. The average molecular weight is 515 g/mol. The van der Waals surface area contributed by atoms with Crippen LogP contribution >= 0.6 is 23.2 Å². The van der Waals surface area contributed by atoms with Gasteiger partial charge in [-0.3, -0.25) is 14.4 Å². The Morgan fingerprint density at radius 1 is 0.829 bits per heavy atom. The Morgan fingerprint density at radius 2 is 1.60 bits per heavy atom. The van der Waals surface area contributed by atoms with E-state index < -0.39 is 18.5 Å². The Hall–Kier alpha value is -3.55. The van der Waals surface area contributed by atoms with Crippen molar-refractivity contribution in [2.24, 2.45) is 0 Å². The standard InChI is InChI=1S/C26H24Cl2N2O5/c1-17-4-2-5-21(14-17)35-20-11-9-19(10-12-20)29-24(31)6-3-7-26(33)34-16-25(32)30-23-15-18(27)8-13-22(23)28/h2,4-5,8-15H,3,6-7,16H2,1H3,(H,29,31)(H,30,32). The lowest BCUT2D eigenvalue weighted by molar-refractivity contribution is -0.147. The monoisotopic (exact) mass is 514 g/mol. The summed E-state index contributed by atoms with van der Waals surface area (Å²) in [5.74, 6) is 0.0220. The number of halogens is 2. The molecule has 0 unspecified atom stereocenters. The molecular weight excluding hydrogens is 491 g/mol. The summed E-state index contributed by atoms with van der Waals surface area (Å²) in [4.78, 5) is 36.0. The predicted octanol–water partition coefficient (Wildman–Crippen LogP) is 6.38. The Balaban J connectivity index is 1.34. The van der Waals surface area contributed by atoms with Crippen molar-refractivity contribution in [3.8, 4) is 11.5 Å². The molecule has 9 heteroatoms. The molecule has 0 aliphatic carbocycles. The molecular formula is C26H24Cl2N2O5. The van der Waals surface area contributed by atoms with Crippen LogP contribution in [0.2, 0.25) is 10.0 Å². The van der Waals surface area contributed by atoms with Crippen LogP contribution in [-0.2, 0) is 19.1 Å². The Kier molecular flexibility index (Phi) is 9.52. The highest BCUT2D eigenvalue weighted by Crippen LogP contribution is 2.25. The minimum Gasteiger partial charge on any atom is -0.457 e. The van der Waals surface area contributed by atoms with Crippen molar-refractivity contribution < 1.29 is 23.9 Å². The second kappa shape index (κ2) is 12.8. The second-order valence-corrected chi connectivity index (χ2v) is 8.52. The fraction of sp³-hybridized carbons (Fsp3) is 0.192. The van der Waals surface area contributed by atoms with E-state index in [0.29, 0.717) is 27.2 Å². The van der Waals surface area contributed by atoms with Gasteiger partial charge in [0.25, 0.3) is 5.91 Å². The maximum Gasteiger partial charge on any atom is 0.306 e. The molecule has 0 heterocycles. The molecule has 3 aromatic rings. The predicted molar refractivity (Wildman–Crippen MR) is 136 cm³/mol. The zero-order valence-electron chi connectivity index (χ0n) is 19.0. The van der Waals surface area contributed by atoms with E-state index >= 15 is 0 Å². The van der Waals surface area contributed by atoms with Gasteiger partial charge in [-0.05, 0) is 73.5 Å². The summed E-state index contributed by atoms with van der Waals surface area (Å²) in [5.41, 5.74) is 2.04. The first-order valence-electron chi connectivity index (χ1n) is 10.8. The second-order valence-electron chi connectivity index (χ2n) is 7.68. The third-order valence-corrected chi connectivity index (χ3v) is 5.28. The summed E-state index contributed by atoms with van der Waals surface area (Å²) >= 11 is 11.8. The number of rotatable bonds is 10. The van der Waals surface area contributed by atoms with Crippen LogP contribution in [0, 0.1) is 6.92 Å². The Morgan fingerprint density at radius 3 is 2.34 bits per heavy atom. The fourth-order valence-electron chi connectivity index (χ4n) is 3.04. The maximum atomic E-state index is 12.2. The van der Waals surface area contributed by atoms with Gasteiger partial charge in [-0.1, -0.05) is 35.3 Å². The lowest BCUT2D eigenvalue weighted by Gasteiger charge is -2.09. The van der Waals surface area contributed by atoms with Gasteiger partial charge in [-0.15, -0.1) is 0 Å². The number of hydrogen-bond acceptors (Lipinski definition) is 5. The van der Waals surface area contributed by atoms with Gasteiger partial charge in [0, 0.05) is 23.6 Å². The van der Waals surface area contributed by atoms with Gasteiger partial charge in [-0.25, -0.2) is 0 Å². The summed E-state index contributed by atoms with van der Waals surface area (Å²) in [6.45, 7) is 1.52. The van der Waals surface area contributed by atoms with Gasteiger partial charge < -0.3 is 20.1 Å². The van der Waals surface area contributed by atoms with Gasteiger partial charge in [0.05, 0.1) is 10.7 Å². The third-order valence-electron chi connectivity index (χ3n) is 4.71. The summed E-state index contributed by atoms with van der Waals surface area (Å²) in [5, 5.41) is 6.01. The third kappa shape index (κ3) is 8.96. The molecule has 0 aliphatic rings. The van der Waals surface area contributed by atoms with Gasteiger partial charge >= 0.3 is 5.97 Å². The average Bonchev–Trinajstić information content (AvgIpc) is 2.81. The first-order valence-corrected chi connectivity index (χ1v) is 11.6. The molecule has 35 heavy (non-hydrogen) atoms. The normalized spacial score (nSPS) is 10.4. The van der Waals surface area contributed by atoms with E-state index in [9.17, 15) is 14.4 Å².